The van der Waals surface area contributed by atoms with Gasteiger partial charge in [-0.3, -0.25) is 9.88 Å². The average molecular weight is 482 g/mol. The van der Waals surface area contributed by atoms with Crippen molar-refractivity contribution in [2.24, 2.45) is 0 Å². The monoisotopic (exact) mass is 482 g/mol. The van der Waals surface area contributed by atoms with Gasteiger partial charge in [0, 0.05) is 36.8 Å². The van der Waals surface area contributed by atoms with Crippen LogP contribution in [0.15, 0.2) is 60.1 Å². The summed E-state index contributed by atoms with van der Waals surface area (Å²) >= 11 is 1.41. The van der Waals surface area contributed by atoms with Crippen molar-refractivity contribution in [2.45, 2.75) is 17.9 Å². The number of hydrogen-bond acceptors (Lipinski definition) is 6. The number of alkyl halides is 3. The highest BCUT2D eigenvalue weighted by Crippen LogP contribution is 2.40. The third kappa shape index (κ3) is 3.81. The largest absolute Gasteiger partial charge is 0.416 e. The standard InChI is InChI=1S/C23H17F3N6OS/c1-31-12-14-11-27-18-7-6-17(13-9-28-21(34-2)29-10-13)30-19(18)20(14)32(22(31)33)16-5-3-4-15(8-16)23(24,25)26/h3-11H,12H2,1-2H3. The van der Waals surface area contributed by atoms with E-state index in [0.717, 1.165) is 12.1 Å². The number of thioether (sulfide) groups is 1. The van der Waals surface area contributed by atoms with Gasteiger partial charge in [-0.1, -0.05) is 17.8 Å². The van der Waals surface area contributed by atoms with Crippen LogP contribution in [0.5, 0.6) is 0 Å². The van der Waals surface area contributed by atoms with E-state index in [1.165, 1.54) is 33.7 Å². The number of carbonyl (C=O) groups excluding carboxylic acids is 1. The van der Waals surface area contributed by atoms with Gasteiger partial charge in [-0.2, -0.15) is 13.2 Å². The molecule has 11 heteroatoms. The molecule has 3 aromatic heterocycles. The van der Waals surface area contributed by atoms with Gasteiger partial charge < -0.3 is 4.90 Å². The first-order valence-electron chi connectivity index (χ1n) is 10.1. The molecule has 172 valence electrons. The molecule has 1 aliphatic rings. The predicted octanol–water partition coefficient (Wildman–Crippen LogP) is 5.53. The zero-order chi connectivity index (χ0) is 24.0. The van der Waals surface area contributed by atoms with Crippen LogP contribution in [-0.2, 0) is 12.7 Å². The Labute approximate surface area is 196 Å². The SMILES string of the molecule is CSc1ncc(-c2ccc3ncc4c(c3n2)N(c2cccc(C(F)(F)F)c2)C(=O)N(C)C4)cn1. The summed E-state index contributed by atoms with van der Waals surface area (Å²) in [5, 5.41) is 0.618. The maximum absolute atomic E-state index is 13.4. The number of pyridine rings is 2. The zero-order valence-electron chi connectivity index (χ0n) is 18.0. The van der Waals surface area contributed by atoms with Crippen molar-refractivity contribution in [3.63, 3.8) is 0 Å². The van der Waals surface area contributed by atoms with E-state index in [1.54, 1.807) is 37.8 Å². The minimum absolute atomic E-state index is 0.0972. The summed E-state index contributed by atoms with van der Waals surface area (Å²) in [6.45, 7) is 0.254. The van der Waals surface area contributed by atoms with Gasteiger partial charge in [0.25, 0.3) is 0 Å². The van der Waals surface area contributed by atoms with Crippen molar-refractivity contribution >= 4 is 40.2 Å². The lowest BCUT2D eigenvalue weighted by atomic mass is 10.1. The predicted molar refractivity (Wildman–Crippen MR) is 123 cm³/mol. The zero-order valence-corrected chi connectivity index (χ0v) is 18.9. The van der Waals surface area contributed by atoms with Crippen LogP contribution in [0, 0.1) is 0 Å². The van der Waals surface area contributed by atoms with Gasteiger partial charge in [-0.05, 0) is 36.6 Å². The summed E-state index contributed by atoms with van der Waals surface area (Å²) in [6, 6.07) is 7.76. The number of anilines is 2. The first kappa shape index (κ1) is 22.1. The third-order valence-electron chi connectivity index (χ3n) is 5.45. The van der Waals surface area contributed by atoms with Crippen LogP contribution < -0.4 is 4.90 Å². The van der Waals surface area contributed by atoms with Gasteiger partial charge >= 0.3 is 12.2 Å². The van der Waals surface area contributed by atoms with Crippen LogP contribution in [0.25, 0.3) is 22.3 Å². The molecule has 7 nitrogen and oxygen atoms in total. The van der Waals surface area contributed by atoms with Crippen LogP contribution in [0.2, 0.25) is 0 Å². The number of aromatic nitrogens is 4. The second-order valence-corrected chi connectivity index (χ2v) is 8.45. The van der Waals surface area contributed by atoms with E-state index in [4.69, 9.17) is 4.98 Å². The summed E-state index contributed by atoms with van der Waals surface area (Å²) in [5.74, 6) is 0. The highest BCUT2D eigenvalue weighted by atomic mass is 32.2. The van der Waals surface area contributed by atoms with Gasteiger partial charge in [0.1, 0.15) is 5.52 Å². The summed E-state index contributed by atoms with van der Waals surface area (Å²) in [6.07, 6.45) is 2.26. The number of carbonyl (C=O) groups is 1. The molecule has 0 aliphatic carbocycles. The van der Waals surface area contributed by atoms with E-state index in [0.29, 0.717) is 38.7 Å². The third-order valence-corrected chi connectivity index (χ3v) is 6.02. The summed E-state index contributed by atoms with van der Waals surface area (Å²) in [4.78, 5) is 33.7. The van der Waals surface area contributed by atoms with Crippen molar-refractivity contribution in [3.05, 3.63) is 66.1 Å². The normalized spacial score (nSPS) is 14.0. The van der Waals surface area contributed by atoms with Gasteiger partial charge in [-0.15, -0.1) is 0 Å². The number of urea groups is 1. The Balaban J connectivity index is 1.72. The molecule has 1 aromatic carbocycles. The fourth-order valence-electron chi connectivity index (χ4n) is 3.82. The Morgan fingerprint density at radius 3 is 2.50 bits per heavy atom. The number of hydrogen-bond donors (Lipinski definition) is 0. The Morgan fingerprint density at radius 2 is 1.79 bits per heavy atom. The Bertz CT molecular complexity index is 1410. The first-order valence-corrected chi connectivity index (χ1v) is 11.4. The quantitative estimate of drug-likeness (QED) is 0.282. The molecule has 0 fully saturated rings. The van der Waals surface area contributed by atoms with E-state index < -0.39 is 17.8 Å². The molecule has 0 unspecified atom stereocenters. The molecule has 0 saturated heterocycles. The van der Waals surface area contributed by atoms with E-state index in [-0.39, 0.29) is 12.2 Å². The molecular weight excluding hydrogens is 465 g/mol. The van der Waals surface area contributed by atoms with Gasteiger partial charge in [0.15, 0.2) is 5.16 Å². The minimum atomic E-state index is -4.54. The molecule has 34 heavy (non-hydrogen) atoms. The van der Waals surface area contributed by atoms with Crippen LogP contribution >= 0.6 is 11.8 Å². The van der Waals surface area contributed by atoms with Crippen LogP contribution in [-0.4, -0.2) is 44.2 Å². The Kier molecular flexibility index (Phi) is 5.35. The summed E-state index contributed by atoms with van der Waals surface area (Å²) in [5.41, 5.74) is 2.49. The fourth-order valence-corrected chi connectivity index (χ4v) is 4.14. The number of rotatable bonds is 3. The van der Waals surface area contributed by atoms with E-state index in [2.05, 4.69) is 15.0 Å². The molecule has 4 heterocycles. The molecule has 2 amide bonds. The number of benzene rings is 1. The van der Waals surface area contributed by atoms with Crippen molar-refractivity contribution in [1.29, 1.82) is 0 Å². The maximum Gasteiger partial charge on any atom is 0.416 e. The van der Waals surface area contributed by atoms with Crippen LogP contribution in [0.1, 0.15) is 11.1 Å². The van der Waals surface area contributed by atoms with Crippen molar-refractivity contribution < 1.29 is 18.0 Å². The number of nitrogens with zero attached hydrogens (tertiary/aromatic N) is 6. The smallest absolute Gasteiger partial charge is 0.323 e. The Hall–Kier alpha value is -3.73. The maximum atomic E-state index is 13.4. The molecule has 1 aliphatic heterocycles. The molecule has 0 bridgehead atoms. The van der Waals surface area contributed by atoms with Gasteiger partial charge in [-0.25, -0.2) is 19.7 Å². The topological polar surface area (TPSA) is 75.1 Å². The molecule has 0 N–H and O–H groups in total. The second kappa shape index (κ2) is 8.24. The van der Waals surface area contributed by atoms with E-state index >= 15 is 0 Å². The molecule has 4 aromatic rings. The molecule has 0 radical (unpaired) electrons. The molecule has 0 spiro atoms. The fraction of sp³-hybridized carbons (Fsp3) is 0.174. The van der Waals surface area contributed by atoms with Gasteiger partial charge in [0.05, 0.1) is 34.7 Å². The molecule has 0 atom stereocenters. The minimum Gasteiger partial charge on any atom is -0.323 e. The summed E-state index contributed by atoms with van der Waals surface area (Å²) in [7, 11) is 1.59. The van der Waals surface area contributed by atoms with E-state index in [1.807, 2.05) is 6.26 Å². The number of halogens is 3. The first-order chi connectivity index (χ1) is 16.3. The molecule has 5 rings (SSSR count). The van der Waals surface area contributed by atoms with Gasteiger partial charge in [0.2, 0.25) is 0 Å². The summed E-state index contributed by atoms with van der Waals surface area (Å²) < 4.78 is 40.2. The van der Waals surface area contributed by atoms with Crippen molar-refractivity contribution in [2.75, 3.05) is 18.2 Å². The van der Waals surface area contributed by atoms with Crippen molar-refractivity contribution in [3.8, 4) is 11.3 Å². The molecule has 0 saturated carbocycles. The van der Waals surface area contributed by atoms with Crippen molar-refractivity contribution in [1.82, 2.24) is 24.8 Å². The van der Waals surface area contributed by atoms with Crippen LogP contribution in [0.4, 0.5) is 29.3 Å². The average Bonchev–Trinajstić information content (AvgIpc) is 2.84. The lowest BCUT2D eigenvalue weighted by Crippen LogP contribution is -2.42. The number of fused-ring (bicyclic) bond motifs is 3. The highest BCUT2D eigenvalue weighted by Gasteiger charge is 2.35. The highest BCUT2D eigenvalue weighted by molar-refractivity contribution is 7.98. The lowest BCUT2D eigenvalue weighted by Gasteiger charge is -2.35. The number of amides is 2. The second-order valence-electron chi connectivity index (χ2n) is 7.68. The Morgan fingerprint density at radius 1 is 1.03 bits per heavy atom. The lowest BCUT2D eigenvalue weighted by molar-refractivity contribution is -0.137. The van der Waals surface area contributed by atoms with E-state index in [9.17, 15) is 18.0 Å². The molecular formula is C23H17F3N6OS. The van der Waals surface area contributed by atoms with Crippen LogP contribution in [0.3, 0.4) is 0 Å².